The lowest BCUT2D eigenvalue weighted by Crippen LogP contribution is -2.59. The molecule has 6 heteroatoms. The number of rotatable bonds is 33. The Morgan fingerprint density at radius 3 is 1.32 bits per heavy atom. The molecule has 0 bridgehead atoms. The number of hydrogen-bond donors (Lipinski definition) is 4. The molecule has 0 unspecified atom stereocenters. The molecule has 6 nitrogen and oxygen atoms in total. The second-order valence-corrected chi connectivity index (χ2v) is 12.0. The highest BCUT2D eigenvalue weighted by atomic mass is 16.2. The largest absolute Gasteiger partial charge is 0.330 e. The molecule has 0 saturated carbocycles. The van der Waals surface area contributed by atoms with E-state index in [9.17, 15) is 9.59 Å². The first kappa shape index (κ1) is 39.2. The molecule has 0 amide bonds. The van der Waals surface area contributed by atoms with Crippen LogP contribution in [-0.2, 0) is 9.59 Å². The molecule has 40 heavy (non-hydrogen) atoms. The molecule has 0 radical (unpaired) electrons. The van der Waals surface area contributed by atoms with Gasteiger partial charge in [0.25, 0.3) is 0 Å². The number of ketones is 2. The highest BCUT2D eigenvalue weighted by Crippen LogP contribution is 2.22. The third-order valence-corrected chi connectivity index (χ3v) is 8.25. The van der Waals surface area contributed by atoms with Gasteiger partial charge in [0.05, 0.1) is 0 Å². The van der Waals surface area contributed by atoms with E-state index in [2.05, 4.69) is 24.5 Å². The molecule has 0 saturated heterocycles. The summed E-state index contributed by atoms with van der Waals surface area (Å²) in [5, 5.41) is 6.88. The average Bonchev–Trinajstić information content (AvgIpc) is 2.96. The van der Waals surface area contributed by atoms with Crippen LogP contribution in [0, 0.1) is 0 Å². The van der Waals surface area contributed by atoms with E-state index >= 15 is 0 Å². The molecular formula is C34H70N4O2. The summed E-state index contributed by atoms with van der Waals surface area (Å²) in [6.45, 7) is 8.10. The van der Waals surface area contributed by atoms with Crippen LogP contribution >= 0.6 is 0 Å². The molecule has 0 spiro atoms. The standard InChI is InChI=1S/C34H70N4O2/c1-3-5-7-9-11-13-15-17-19-24-32(39)34(26-28-36,38-31-22-21-29-37-30-23-27-35)33(40)25-20-18-16-14-12-10-8-6-4-2/h37-38H,3-31,35-36H2,1-2H3. The minimum Gasteiger partial charge on any atom is -0.330 e. The van der Waals surface area contributed by atoms with E-state index in [1.54, 1.807) is 0 Å². The predicted molar refractivity (Wildman–Crippen MR) is 174 cm³/mol. The Bertz CT molecular complexity index is 536. The number of carbonyl (C=O) groups is 2. The Labute approximate surface area is 249 Å². The van der Waals surface area contributed by atoms with Gasteiger partial charge in [0.1, 0.15) is 5.54 Å². The highest BCUT2D eigenvalue weighted by molar-refractivity contribution is 6.11. The van der Waals surface area contributed by atoms with Crippen molar-refractivity contribution in [2.45, 2.75) is 173 Å². The second kappa shape index (κ2) is 29.7. The highest BCUT2D eigenvalue weighted by Gasteiger charge is 2.42. The molecule has 0 fully saturated rings. The Morgan fingerprint density at radius 2 is 0.900 bits per heavy atom. The first-order valence-electron chi connectivity index (χ1n) is 17.5. The van der Waals surface area contributed by atoms with Crippen LogP contribution in [0.25, 0.3) is 0 Å². The van der Waals surface area contributed by atoms with Crippen molar-refractivity contribution in [1.29, 1.82) is 0 Å². The minimum atomic E-state index is -1.10. The van der Waals surface area contributed by atoms with E-state index in [1.165, 1.54) is 89.9 Å². The van der Waals surface area contributed by atoms with Gasteiger partial charge in [-0.05, 0) is 71.2 Å². The van der Waals surface area contributed by atoms with Gasteiger partial charge in [-0.2, -0.15) is 0 Å². The molecule has 0 rings (SSSR count). The van der Waals surface area contributed by atoms with Gasteiger partial charge in [0.2, 0.25) is 0 Å². The van der Waals surface area contributed by atoms with E-state index < -0.39 is 5.54 Å². The molecule has 0 atom stereocenters. The van der Waals surface area contributed by atoms with Crippen molar-refractivity contribution >= 4 is 11.6 Å². The van der Waals surface area contributed by atoms with Crippen molar-refractivity contribution in [1.82, 2.24) is 10.6 Å². The lowest BCUT2D eigenvalue weighted by Gasteiger charge is -2.32. The Balaban J connectivity index is 4.76. The molecule has 0 aromatic heterocycles. The van der Waals surface area contributed by atoms with Crippen LogP contribution in [0.4, 0.5) is 0 Å². The summed E-state index contributed by atoms with van der Waals surface area (Å²) in [5.41, 5.74) is 10.5. The third kappa shape index (κ3) is 21.0. The van der Waals surface area contributed by atoms with Crippen LogP contribution in [-0.4, -0.2) is 49.8 Å². The Hall–Kier alpha value is -0.820. The fourth-order valence-corrected chi connectivity index (χ4v) is 5.58. The molecule has 6 N–H and O–H groups in total. The Morgan fingerprint density at radius 1 is 0.500 bits per heavy atom. The zero-order valence-electron chi connectivity index (χ0n) is 27.0. The molecule has 0 aliphatic heterocycles. The number of nitrogens with two attached hydrogens (primary N) is 2. The van der Waals surface area contributed by atoms with Crippen LogP contribution in [0.1, 0.15) is 168 Å². The second-order valence-electron chi connectivity index (χ2n) is 12.0. The molecule has 0 aromatic rings. The summed E-state index contributed by atoms with van der Waals surface area (Å²) in [4.78, 5) is 27.3. The minimum absolute atomic E-state index is 0.0721. The molecule has 0 aliphatic carbocycles. The molecular weight excluding hydrogens is 496 g/mol. The zero-order chi connectivity index (χ0) is 29.6. The number of nitrogens with one attached hydrogen (secondary N) is 2. The molecule has 238 valence electrons. The van der Waals surface area contributed by atoms with Crippen molar-refractivity contribution in [2.24, 2.45) is 11.5 Å². The quantitative estimate of drug-likeness (QED) is 0.0488. The van der Waals surface area contributed by atoms with Gasteiger partial charge in [-0.25, -0.2) is 0 Å². The van der Waals surface area contributed by atoms with E-state index in [1.807, 2.05) is 0 Å². The zero-order valence-corrected chi connectivity index (χ0v) is 27.0. The SMILES string of the molecule is CCCCCCCCCCCC(=O)C(CCN)(NCCCCNCCCN)C(=O)CCCCCCCCCCC. The monoisotopic (exact) mass is 567 g/mol. The average molecular weight is 567 g/mol. The van der Waals surface area contributed by atoms with Crippen molar-refractivity contribution in [2.75, 3.05) is 32.7 Å². The van der Waals surface area contributed by atoms with Crippen molar-refractivity contribution in [3.05, 3.63) is 0 Å². The lowest BCUT2D eigenvalue weighted by atomic mass is 9.80. The maximum absolute atomic E-state index is 13.6. The van der Waals surface area contributed by atoms with Crippen molar-refractivity contribution in [3.63, 3.8) is 0 Å². The normalized spacial score (nSPS) is 11.8. The van der Waals surface area contributed by atoms with Crippen molar-refractivity contribution < 1.29 is 9.59 Å². The summed E-state index contributed by atoms with van der Waals surface area (Å²) in [5.74, 6) is 0.144. The summed E-state index contributed by atoms with van der Waals surface area (Å²) in [6.07, 6.45) is 26.2. The van der Waals surface area contributed by atoms with E-state index in [0.29, 0.717) is 38.9 Å². The summed E-state index contributed by atoms with van der Waals surface area (Å²) >= 11 is 0. The van der Waals surface area contributed by atoms with Crippen LogP contribution < -0.4 is 22.1 Å². The fraction of sp³-hybridized carbons (Fsp3) is 0.941. The Kier molecular flexibility index (Phi) is 29.1. The number of carbonyl (C=O) groups excluding carboxylic acids is 2. The lowest BCUT2D eigenvalue weighted by molar-refractivity contribution is -0.137. The van der Waals surface area contributed by atoms with E-state index in [0.717, 1.165) is 58.0 Å². The summed E-state index contributed by atoms with van der Waals surface area (Å²) in [7, 11) is 0. The topological polar surface area (TPSA) is 110 Å². The molecule has 0 heterocycles. The summed E-state index contributed by atoms with van der Waals surface area (Å²) in [6, 6.07) is 0. The van der Waals surface area contributed by atoms with Gasteiger partial charge in [0, 0.05) is 12.8 Å². The van der Waals surface area contributed by atoms with Crippen LogP contribution in [0.2, 0.25) is 0 Å². The molecule has 0 aliphatic rings. The first-order chi connectivity index (χ1) is 19.6. The molecule has 0 aromatic carbocycles. The van der Waals surface area contributed by atoms with Gasteiger partial charge >= 0.3 is 0 Å². The van der Waals surface area contributed by atoms with Gasteiger partial charge in [0.15, 0.2) is 11.6 Å². The van der Waals surface area contributed by atoms with Gasteiger partial charge in [-0.3, -0.25) is 14.9 Å². The smallest absolute Gasteiger partial charge is 0.160 e. The number of unbranched alkanes of at least 4 members (excludes halogenated alkanes) is 17. The fourth-order valence-electron chi connectivity index (χ4n) is 5.58. The van der Waals surface area contributed by atoms with Gasteiger partial charge in [-0.1, -0.05) is 117 Å². The summed E-state index contributed by atoms with van der Waals surface area (Å²) < 4.78 is 0. The van der Waals surface area contributed by atoms with Crippen LogP contribution in [0.3, 0.4) is 0 Å². The van der Waals surface area contributed by atoms with E-state index in [-0.39, 0.29) is 11.6 Å². The van der Waals surface area contributed by atoms with Gasteiger partial charge in [-0.15, -0.1) is 0 Å². The van der Waals surface area contributed by atoms with Crippen molar-refractivity contribution in [3.8, 4) is 0 Å². The maximum Gasteiger partial charge on any atom is 0.160 e. The predicted octanol–water partition coefficient (Wildman–Crippen LogP) is 7.36. The number of Topliss-reactive ketones (excluding diaryl/α,β-unsaturated/α-hetero) is 2. The number of hydrogen-bond acceptors (Lipinski definition) is 6. The van der Waals surface area contributed by atoms with E-state index in [4.69, 9.17) is 11.5 Å². The maximum atomic E-state index is 13.6. The van der Waals surface area contributed by atoms with Crippen LogP contribution in [0.15, 0.2) is 0 Å². The first-order valence-corrected chi connectivity index (χ1v) is 17.5. The third-order valence-electron chi connectivity index (χ3n) is 8.25. The van der Waals surface area contributed by atoms with Gasteiger partial charge < -0.3 is 16.8 Å². The van der Waals surface area contributed by atoms with Crippen LogP contribution in [0.5, 0.6) is 0 Å².